The van der Waals surface area contributed by atoms with Crippen molar-refractivity contribution in [2.45, 2.75) is 13.1 Å². The molecule has 1 aliphatic heterocycles. The average Bonchev–Trinajstić information content (AvgIpc) is 2.88. The van der Waals surface area contributed by atoms with Crippen molar-refractivity contribution in [3.8, 4) is 5.75 Å². The fourth-order valence-electron chi connectivity index (χ4n) is 2.37. The molecule has 2 N–H and O–H groups in total. The second-order valence-electron chi connectivity index (χ2n) is 5.30. The Morgan fingerprint density at radius 1 is 1.35 bits per heavy atom. The van der Waals surface area contributed by atoms with Crippen molar-refractivity contribution < 1.29 is 19.1 Å². The van der Waals surface area contributed by atoms with E-state index < -0.39 is 11.7 Å². The minimum absolute atomic E-state index is 0.0192. The highest BCUT2D eigenvalue weighted by Crippen LogP contribution is 2.25. The number of carbonyl (C=O) groups is 2. The van der Waals surface area contributed by atoms with Gasteiger partial charge >= 0.3 is 0 Å². The van der Waals surface area contributed by atoms with Crippen LogP contribution in [0.2, 0.25) is 0 Å². The zero-order valence-electron chi connectivity index (χ0n) is 12.4. The summed E-state index contributed by atoms with van der Waals surface area (Å²) in [5, 5.41) is 16.7. The lowest BCUT2D eigenvalue weighted by Gasteiger charge is -2.22. The van der Waals surface area contributed by atoms with Gasteiger partial charge in [0, 0.05) is 20.1 Å². The average molecular weight is 318 g/mol. The summed E-state index contributed by atoms with van der Waals surface area (Å²) in [5.41, 5.74) is 0.537. The molecule has 0 fully saturated rings. The number of benzene rings is 1. The first-order valence-electron chi connectivity index (χ1n) is 7.05. The van der Waals surface area contributed by atoms with E-state index in [1.165, 1.54) is 21.7 Å². The molecule has 0 saturated carbocycles. The Balaban J connectivity index is 1.77. The van der Waals surface area contributed by atoms with Crippen LogP contribution >= 0.6 is 0 Å². The molecule has 0 radical (unpaired) electrons. The van der Waals surface area contributed by atoms with Crippen molar-refractivity contribution in [2.24, 2.45) is 0 Å². The van der Waals surface area contributed by atoms with E-state index in [0.29, 0.717) is 18.7 Å². The Labute approximate surface area is 131 Å². The first-order chi connectivity index (χ1) is 11.0. The number of amides is 2. The number of carbonyl (C=O) groups excluding carboxylic acids is 2. The third kappa shape index (κ3) is 2.75. The molecular formula is C15H15FN4O3. The molecule has 1 aliphatic rings. The molecule has 7 nitrogen and oxygen atoms in total. The number of likely N-dealkylation sites (N-methyl/N-ethyl adjacent to an activating group) is 1. The Kier molecular flexibility index (Phi) is 3.73. The minimum atomic E-state index is -0.593. The Morgan fingerprint density at radius 3 is 2.74 bits per heavy atom. The third-order valence-corrected chi connectivity index (χ3v) is 3.71. The molecule has 8 heteroatoms. The van der Waals surface area contributed by atoms with E-state index in [4.69, 9.17) is 0 Å². The number of hydrogen-bond donors (Lipinski definition) is 2. The van der Waals surface area contributed by atoms with Gasteiger partial charge in [-0.3, -0.25) is 14.3 Å². The predicted molar refractivity (Wildman–Crippen MR) is 78.4 cm³/mol. The molecule has 0 spiro atoms. The molecule has 1 aromatic carbocycles. The summed E-state index contributed by atoms with van der Waals surface area (Å²) in [7, 11) is 1.62. The maximum Gasteiger partial charge on any atom is 0.275 e. The fourth-order valence-corrected chi connectivity index (χ4v) is 2.37. The van der Waals surface area contributed by atoms with Gasteiger partial charge in [0.2, 0.25) is 0 Å². The van der Waals surface area contributed by atoms with E-state index in [-0.39, 0.29) is 29.7 Å². The van der Waals surface area contributed by atoms with Gasteiger partial charge in [0.1, 0.15) is 5.82 Å². The second-order valence-corrected chi connectivity index (χ2v) is 5.30. The molecule has 0 bridgehead atoms. The second kappa shape index (κ2) is 5.71. The summed E-state index contributed by atoms with van der Waals surface area (Å²) in [4.78, 5) is 25.6. The van der Waals surface area contributed by atoms with Gasteiger partial charge in [0.05, 0.1) is 6.54 Å². The summed E-state index contributed by atoms with van der Waals surface area (Å²) < 4.78 is 14.2. The molecule has 2 amide bonds. The molecule has 3 rings (SSSR count). The normalized spacial score (nSPS) is 13.8. The van der Waals surface area contributed by atoms with Gasteiger partial charge in [0.15, 0.2) is 17.1 Å². The topological polar surface area (TPSA) is 87.5 Å². The molecule has 2 heterocycles. The number of hydrogen-bond acceptors (Lipinski definition) is 4. The van der Waals surface area contributed by atoms with Crippen molar-refractivity contribution >= 4 is 11.8 Å². The van der Waals surface area contributed by atoms with Gasteiger partial charge in [-0.15, -0.1) is 0 Å². The van der Waals surface area contributed by atoms with Gasteiger partial charge in [-0.05, 0) is 17.7 Å². The smallest absolute Gasteiger partial charge is 0.275 e. The van der Waals surface area contributed by atoms with Crippen LogP contribution in [0.3, 0.4) is 0 Å². The highest BCUT2D eigenvalue weighted by Gasteiger charge is 2.31. The molecule has 120 valence electrons. The van der Waals surface area contributed by atoms with E-state index in [2.05, 4.69) is 10.4 Å². The first-order valence-corrected chi connectivity index (χ1v) is 7.05. The largest absolute Gasteiger partial charge is 0.504 e. The fraction of sp³-hybridized carbons (Fsp3) is 0.267. The number of nitrogens with zero attached hydrogens (tertiary/aromatic N) is 3. The maximum atomic E-state index is 12.8. The zero-order valence-corrected chi connectivity index (χ0v) is 12.4. The van der Waals surface area contributed by atoms with Crippen molar-refractivity contribution in [1.29, 1.82) is 0 Å². The summed E-state index contributed by atoms with van der Waals surface area (Å²) in [5.74, 6) is -1.75. The van der Waals surface area contributed by atoms with Crippen LogP contribution in [0.1, 0.15) is 26.5 Å². The molecule has 23 heavy (non-hydrogen) atoms. The highest BCUT2D eigenvalue weighted by molar-refractivity contribution is 6.02. The minimum Gasteiger partial charge on any atom is -0.504 e. The van der Waals surface area contributed by atoms with Crippen molar-refractivity contribution in [2.75, 3.05) is 13.6 Å². The molecule has 0 saturated heterocycles. The predicted octanol–water partition coefficient (Wildman–Crippen LogP) is 0.743. The molecule has 0 atom stereocenters. The van der Waals surface area contributed by atoms with E-state index >= 15 is 0 Å². The van der Waals surface area contributed by atoms with Crippen molar-refractivity contribution in [3.05, 3.63) is 47.0 Å². The van der Waals surface area contributed by atoms with E-state index in [0.717, 1.165) is 0 Å². The Morgan fingerprint density at radius 2 is 2.04 bits per heavy atom. The van der Waals surface area contributed by atoms with E-state index in [1.54, 1.807) is 19.2 Å². The van der Waals surface area contributed by atoms with Crippen LogP contribution in [0.4, 0.5) is 4.39 Å². The number of aromatic nitrogens is 2. The summed E-state index contributed by atoms with van der Waals surface area (Å²) in [6.45, 7) is 1.04. The van der Waals surface area contributed by atoms with Gasteiger partial charge in [-0.2, -0.15) is 5.10 Å². The number of aromatic hydroxyl groups is 1. The standard InChI is InChI=1S/C15H15FN4O3/c1-19-6-7-20-12(15(19)23)13(21)11(18-20)14(22)17-8-9-2-4-10(16)5-3-9/h2-5,21H,6-8H2,1H3,(H,17,22). The van der Waals surface area contributed by atoms with Gasteiger partial charge in [0.25, 0.3) is 11.8 Å². The maximum absolute atomic E-state index is 12.8. The van der Waals surface area contributed by atoms with Gasteiger partial charge in [-0.1, -0.05) is 12.1 Å². The number of nitrogens with one attached hydrogen (secondary N) is 1. The van der Waals surface area contributed by atoms with Gasteiger partial charge in [-0.25, -0.2) is 4.39 Å². The number of rotatable bonds is 3. The van der Waals surface area contributed by atoms with E-state index in [1.807, 2.05) is 0 Å². The van der Waals surface area contributed by atoms with Gasteiger partial charge < -0.3 is 15.3 Å². The van der Waals surface area contributed by atoms with Crippen LogP contribution in [-0.4, -0.2) is 45.2 Å². The van der Waals surface area contributed by atoms with Crippen molar-refractivity contribution in [1.82, 2.24) is 20.0 Å². The lowest BCUT2D eigenvalue weighted by atomic mass is 10.2. The molecule has 2 aromatic rings. The van der Waals surface area contributed by atoms with Crippen LogP contribution in [0.25, 0.3) is 0 Å². The molecule has 1 aromatic heterocycles. The monoisotopic (exact) mass is 318 g/mol. The Bertz CT molecular complexity index is 770. The first kappa shape index (κ1) is 15.0. The summed E-state index contributed by atoms with van der Waals surface area (Å²) in [6, 6.07) is 5.68. The van der Waals surface area contributed by atoms with Crippen molar-refractivity contribution in [3.63, 3.8) is 0 Å². The zero-order chi connectivity index (χ0) is 16.6. The quantitative estimate of drug-likeness (QED) is 0.874. The molecular weight excluding hydrogens is 303 g/mol. The van der Waals surface area contributed by atoms with Crippen LogP contribution in [0.15, 0.2) is 24.3 Å². The third-order valence-electron chi connectivity index (χ3n) is 3.71. The molecule has 0 aliphatic carbocycles. The lowest BCUT2D eigenvalue weighted by Crippen LogP contribution is -2.37. The SMILES string of the molecule is CN1CCn2nc(C(=O)NCc3ccc(F)cc3)c(O)c2C1=O. The highest BCUT2D eigenvalue weighted by atomic mass is 19.1. The Hall–Kier alpha value is -2.90. The number of halogens is 1. The number of fused-ring (bicyclic) bond motifs is 1. The lowest BCUT2D eigenvalue weighted by molar-refractivity contribution is 0.0738. The van der Waals surface area contributed by atoms with E-state index in [9.17, 15) is 19.1 Å². The van der Waals surface area contributed by atoms with Crippen LogP contribution in [0, 0.1) is 5.82 Å². The van der Waals surface area contributed by atoms with Crippen LogP contribution in [0.5, 0.6) is 5.75 Å². The molecule has 0 unspecified atom stereocenters. The van der Waals surface area contributed by atoms with Crippen LogP contribution in [-0.2, 0) is 13.1 Å². The summed E-state index contributed by atoms with van der Waals surface area (Å²) >= 11 is 0. The van der Waals surface area contributed by atoms with Crippen LogP contribution < -0.4 is 5.32 Å². The summed E-state index contributed by atoms with van der Waals surface area (Å²) in [6.07, 6.45) is 0.